The largest absolute Gasteiger partial charge is 0.489 e. The standard InChI is InChI=1S/C22H39N5O.HI/c1-5-23-22(24-11-7-13-27-14-8-12-26(4)15-16-27)25-18-20(3)28-21-10-6-9-19(2)17-21;/h6,9-10,17,20H,5,7-8,11-16,18H2,1-4H3,(H2,23,24,25);1H. The Morgan fingerprint density at radius 3 is 2.79 bits per heavy atom. The average Bonchev–Trinajstić information content (AvgIpc) is 2.87. The Labute approximate surface area is 194 Å². The zero-order valence-corrected chi connectivity index (χ0v) is 20.9. The fourth-order valence-corrected chi connectivity index (χ4v) is 3.35. The van der Waals surface area contributed by atoms with E-state index in [1.165, 1.54) is 38.2 Å². The molecule has 166 valence electrons. The molecular weight excluding hydrogens is 477 g/mol. The zero-order chi connectivity index (χ0) is 20.2. The molecule has 2 N–H and O–H groups in total. The number of rotatable bonds is 9. The van der Waals surface area contributed by atoms with E-state index in [0.717, 1.165) is 37.8 Å². The molecule has 6 nitrogen and oxygen atoms in total. The van der Waals surface area contributed by atoms with Crippen molar-refractivity contribution in [1.29, 1.82) is 0 Å². The lowest BCUT2D eigenvalue weighted by molar-refractivity contribution is 0.230. The molecule has 1 aromatic rings. The average molecular weight is 518 g/mol. The molecule has 1 saturated heterocycles. The highest BCUT2D eigenvalue weighted by atomic mass is 127. The summed E-state index contributed by atoms with van der Waals surface area (Å²) in [5.74, 6) is 1.78. The van der Waals surface area contributed by atoms with Gasteiger partial charge in [-0.2, -0.15) is 0 Å². The van der Waals surface area contributed by atoms with E-state index in [1.54, 1.807) is 0 Å². The second-order valence-electron chi connectivity index (χ2n) is 7.74. The van der Waals surface area contributed by atoms with Crippen LogP contribution in [0.4, 0.5) is 0 Å². The van der Waals surface area contributed by atoms with Crippen LogP contribution >= 0.6 is 24.0 Å². The van der Waals surface area contributed by atoms with Gasteiger partial charge >= 0.3 is 0 Å². The van der Waals surface area contributed by atoms with E-state index in [2.05, 4.69) is 60.4 Å². The number of nitrogens with one attached hydrogen (secondary N) is 2. The maximum Gasteiger partial charge on any atom is 0.191 e. The normalized spacial score (nSPS) is 17.2. The minimum Gasteiger partial charge on any atom is -0.489 e. The predicted molar refractivity (Wildman–Crippen MR) is 134 cm³/mol. The maximum atomic E-state index is 5.98. The molecule has 0 radical (unpaired) electrons. The topological polar surface area (TPSA) is 52.1 Å². The molecule has 0 aromatic heterocycles. The van der Waals surface area contributed by atoms with Crippen LogP contribution in [-0.2, 0) is 0 Å². The van der Waals surface area contributed by atoms with Crippen LogP contribution in [0.2, 0.25) is 0 Å². The molecule has 29 heavy (non-hydrogen) atoms. The van der Waals surface area contributed by atoms with E-state index < -0.39 is 0 Å². The number of guanidine groups is 1. The Bertz CT molecular complexity index is 598. The SMILES string of the molecule is CCNC(=NCC(C)Oc1cccc(C)c1)NCCCN1CCCN(C)CC1.I. The van der Waals surface area contributed by atoms with Gasteiger partial charge in [0.25, 0.3) is 0 Å². The Morgan fingerprint density at radius 2 is 2.03 bits per heavy atom. The molecule has 7 heteroatoms. The van der Waals surface area contributed by atoms with Gasteiger partial charge in [0.05, 0.1) is 6.54 Å². The van der Waals surface area contributed by atoms with Crippen molar-refractivity contribution >= 4 is 29.9 Å². The molecule has 0 amide bonds. The second-order valence-corrected chi connectivity index (χ2v) is 7.74. The molecule has 1 atom stereocenters. The third-order valence-electron chi connectivity index (χ3n) is 4.93. The van der Waals surface area contributed by atoms with Gasteiger partial charge in [-0.15, -0.1) is 24.0 Å². The highest BCUT2D eigenvalue weighted by Crippen LogP contribution is 2.14. The minimum absolute atomic E-state index is 0. The lowest BCUT2D eigenvalue weighted by Crippen LogP contribution is -2.39. The van der Waals surface area contributed by atoms with Crippen LogP contribution in [0.3, 0.4) is 0 Å². The summed E-state index contributed by atoms with van der Waals surface area (Å²) in [5.41, 5.74) is 1.21. The number of benzene rings is 1. The van der Waals surface area contributed by atoms with Crippen molar-refractivity contribution < 1.29 is 4.74 Å². The highest BCUT2D eigenvalue weighted by molar-refractivity contribution is 14.0. The number of hydrogen-bond donors (Lipinski definition) is 2. The van der Waals surface area contributed by atoms with Gasteiger partial charge in [0.1, 0.15) is 11.9 Å². The van der Waals surface area contributed by atoms with Crippen LogP contribution in [0.1, 0.15) is 32.3 Å². The molecule has 2 rings (SSSR count). The quantitative estimate of drug-likeness (QED) is 0.228. The van der Waals surface area contributed by atoms with Gasteiger partial charge in [-0.25, -0.2) is 4.99 Å². The third kappa shape index (κ3) is 11.1. The van der Waals surface area contributed by atoms with Gasteiger partial charge < -0.3 is 25.2 Å². The maximum absolute atomic E-state index is 5.98. The van der Waals surface area contributed by atoms with Crippen LogP contribution in [0, 0.1) is 6.92 Å². The molecule has 0 aliphatic carbocycles. The first kappa shape index (κ1) is 26.0. The Kier molecular flexibility index (Phi) is 13.3. The molecule has 0 saturated carbocycles. The van der Waals surface area contributed by atoms with E-state index in [0.29, 0.717) is 6.54 Å². The molecule has 1 fully saturated rings. The highest BCUT2D eigenvalue weighted by Gasteiger charge is 2.11. The number of hydrogen-bond acceptors (Lipinski definition) is 4. The lowest BCUT2D eigenvalue weighted by atomic mass is 10.2. The third-order valence-corrected chi connectivity index (χ3v) is 4.93. The summed E-state index contributed by atoms with van der Waals surface area (Å²) < 4.78 is 5.98. The molecule has 1 aliphatic heterocycles. The summed E-state index contributed by atoms with van der Waals surface area (Å²) >= 11 is 0. The van der Waals surface area contributed by atoms with Gasteiger partial charge in [0.2, 0.25) is 0 Å². The van der Waals surface area contributed by atoms with Crippen molar-refractivity contribution in [1.82, 2.24) is 20.4 Å². The minimum atomic E-state index is 0. The summed E-state index contributed by atoms with van der Waals surface area (Å²) in [4.78, 5) is 9.69. The number of halogens is 1. The van der Waals surface area contributed by atoms with Crippen LogP contribution in [0.5, 0.6) is 5.75 Å². The Balaban J connectivity index is 0.00000420. The first-order valence-corrected chi connectivity index (χ1v) is 10.7. The monoisotopic (exact) mass is 517 g/mol. The summed E-state index contributed by atoms with van der Waals surface area (Å²) in [7, 11) is 2.22. The van der Waals surface area contributed by atoms with Crippen molar-refractivity contribution in [2.45, 2.75) is 39.7 Å². The molecule has 1 aromatic carbocycles. The van der Waals surface area contributed by atoms with Crippen LogP contribution in [0.15, 0.2) is 29.3 Å². The molecule has 1 unspecified atom stereocenters. The molecule has 1 heterocycles. The molecule has 0 bridgehead atoms. The first-order chi connectivity index (χ1) is 13.6. The Hall–Kier alpha value is -1.06. The van der Waals surface area contributed by atoms with Crippen molar-refractivity contribution in [3.05, 3.63) is 29.8 Å². The fraction of sp³-hybridized carbons (Fsp3) is 0.682. The van der Waals surface area contributed by atoms with Crippen LogP contribution in [0.25, 0.3) is 0 Å². The number of aliphatic imine (C=N–C) groups is 1. The van der Waals surface area contributed by atoms with Crippen LogP contribution in [-0.4, -0.2) is 81.3 Å². The molecular formula is C22H40IN5O. The van der Waals surface area contributed by atoms with Gasteiger partial charge in [0, 0.05) is 26.2 Å². The van der Waals surface area contributed by atoms with Crippen molar-refractivity contribution in [3.8, 4) is 5.75 Å². The van der Waals surface area contributed by atoms with E-state index >= 15 is 0 Å². The fourth-order valence-electron chi connectivity index (χ4n) is 3.35. The van der Waals surface area contributed by atoms with Crippen molar-refractivity contribution in [2.75, 3.05) is 59.4 Å². The van der Waals surface area contributed by atoms with E-state index in [9.17, 15) is 0 Å². The summed E-state index contributed by atoms with van der Waals surface area (Å²) in [6.45, 7) is 14.6. The van der Waals surface area contributed by atoms with Crippen LogP contribution < -0.4 is 15.4 Å². The lowest BCUT2D eigenvalue weighted by Gasteiger charge is -2.20. The smallest absolute Gasteiger partial charge is 0.191 e. The molecule has 1 aliphatic rings. The second kappa shape index (κ2) is 14.8. The number of likely N-dealkylation sites (N-methyl/N-ethyl adjacent to an activating group) is 1. The van der Waals surface area contributed by atoms with Gasteiger partial charge in [0.15, 0.2) is 5.96 Å². The van der Waals surface area contributed by atoms with Gasteiger partial charge in [-0.05, 0) is 78.0 Å². The summed E-state index contributed by atoms with van der Waals surface area (Å²) in [6, 6.07) is 8.16. The van der Waals surface area contributed by atoms with E-state index in [4.69, 9.17) is 9.73 Å². The van der Waals surface area contributed by atoms with Gasteiger partial charge in [-0.3, -0.25) is 0 Å². The first-order valence-electron chi connectivity index (χ1n) is 10.7. The van der Waals surface area contributed by atoms with E-state index in [1.807, 2.05) is 12.1 Å². The number of ether oxygens (including phenoxy) is 1. The number of nitrogens with zero attached hydrogens (tertiary/aromatic N) is 3. The zero-order valence-electron chi connectivity index (χ0n) is 18.6. The van der Waals surface area contributed by atoms with Gasteiger partial charge in [-0.1, -0.05) is 12.1 Å². The Morgan fingerprint density at radius 1 is 1.21 bits per heavy atom. The van der Waals surface area contributed by atoms with E-state index in [-0.39, 0.29) is 30.1 Å². The van der Waals surface area contributed by atoms with Crippen molar-refractivity contribution in [2.24, 2.45) is 4.99 Å². The predicted octanol–water partition coefficient (Wildman–Crippen LogP) is 2.96. The van der Waals surface area contributed by atoms with Crippen molar-refractivity contribution in [3.63, 3.8) is 0 Å². The summed E-state index contributed by atoms with van der Waals surface area (Å²) in [5, 5.41) is 6.79. The number of aryl methyl sites for hydroxylation is 1. The summed E-state index contributed by atoms with van der Waals surface area (Å²) in [6.07, 6.45) is 2.43. The molecule has 0 spiro atoms.